The van der Waals surface area contributed by atoms with Gasteiger partial charge in [0.05, 0.1) is 42.5 Å². The van der Waals surface area contributed by atoms with Gasteiger partial charge in [0, 0.05) is 24.2 Å². The normalized spacial score (nSPS) is 22.8. The number of nitrogens with zero attached hydrogens (tertiary/aromatic N) is 4. The van der Waals surface area contributed by atoms with Crippen LogP contribution in [0.15, 0.2) is 33.7 Å². The summed E-state index contributed by atoms with van der Waals surface area (Å²) in [5.74, 6) is -1.19. The number of nitrogens with two attached hydrogens (primary N) is 1. The summed E-state index contributed by atoms with van der Waals surface area (Å²) in [5.41, 5.74) is 14.6. The molecule has 2 unspecified atom stereocenters. The Balaban J connectivity index is 1.52. The molecule has 3 heterocycles. The molecule has 0 bridgehead atoms. The Kier molecular flexibility index (Phi) is 7.90. The molecule has 1 aromatic rings. The van der Waals surface area contributed by atoms with Gasteiger partial charge in [0.25, 0.3) is 11.8 Å². The number of amides is 3. The highest BCUT2D eigenvalue weighted by Gasteiger charge is 2.53. The van der Waals surface area contributed by atoms with E-state index in [1.54, 1.807) is 0 Å². The second-order valence-electron chi connectivity index (χ2n) is 9.14. The second-order valence-corrected chi connectivity index (χ2v) is 10.6. The van der Waals surface area contributed by atoms with Gasteiger partial charge in [0.15, 0.2) is 17.3 Å². The summed E-state index contributed by atoms with van der Waals surface area (Å²) in [6, 6.07) is 1.90. The number of benzene rings is 1. The monoisotopic (exact) mass is 551 g/mol. The topological polar surface area (TPSA) is 194 Å². The van der Waals surface area contributed by atoms with E-state index in [9.17, 15) is 24.6 Å². The molecule has 3 aliphatic heterocycles. The maximum atomic E-state index is 12.8. The number of phenolic OH excluding ortho intramolecular Hbond substituents is 2. The van der Waals surface area contributed by atoms with Crippen molar-refractivity contribution in [3.05, 3.63) is 34.0 Å². The summed E-state index contributed by atoms with van der Waals surface area (Å²) in [5, 5.41) is 30.9. The van der Waals surface area contributed by atoms with Crippen LogP contribution in [0.25, 0.3) is 0 Å². The number of β-lactam (4-membered cyclic amide) rings is 1. The maximum Gasteiger partial charge on any atom is 0.253 e. The first-order chi connectivity index (χ1) is 17.7. The standard InChI is InChI=1S/C22H27ClN8O5S/c23-15-13(3-4-14(33)18(15)34)20(35)26-5-8-31(6-1-2-7-31)9-12-10-37-22-16(27-11-32)21(36)30(22)17(12)19(24)28-29-25/h3-4,11,16,22H,1-2,5-10H2,(H6-,24,25,26,27,28,29,32,33,34,35)/p+1. The number of likely N-dealkylation sites (tertiary alicyclic amines) is 1. The lowest BCUT2D eigenvalue weighted by Crippen LogP contribution is -2.70. The van der Waals surface area contributed by atoms with E-state index in [1.165, 1.54) is 28.8 Å². The molecule has 0 spiro atoms. The maximum absolute atomic E-state index is 12.8. The van der Waals surface area contributed by atoms with E-state index in [1.807, 2.05) is 0 Å². The molecule has 0 radical (unpaired) electrons. The van der Waals surface area contributed by atoms with Crippen LogP contribution in [0.2, 0.25) is 5.02 Å². The van der Waals surface area contributed by atoms with Crippen LogP contribution < -0.4 is 16.4 Å². The fourth-order valence-corrected chi connectivity index (χ4v) is 6.75. The van der Waals surface area contributed by atoms with Crippen molar-refractivity contribution in [2.45, 2.75) is 24.3 Å². The van der Waals surface area contributed by atoms with Crippen molar-refractivity contribution in [3.8, 4) is 11.5 Å². The molecule has 3 aliphatic rings. The molecular weight excluding hydrogens is 524 g/mol. The summed E-state index contributed by atoms with van der Waals surface area (Å²) in [6.07, 6.45) is 2.51. The molecule has 3 amide bonds. The molecule has 7 N–H and O–H groups in total. The van der Waals surface area contributed by atoms with Gasteiger partial charge in [-0.05, 0) is 12.1 Å². The average molecular weight is 552 g/mol. The van der Waals surface area contributed by atoms with Crippen LogP contribution in [0.5, 0.6) is 11.5 Å². The lowest BCUT2D eigenvalue weighted by Gasteiger charge is -2.50. The van der Waals surface area contributed by atoms with Gasteiger partial charge in [-0.15, -0.1) is 16.9 Å². The van der Waals surface area contributed by atoms with Crippen LogP contribution in [0.4, 0.5) is 0 Å². The van der Waals surface area contributed by atoms with Crippen LogP contribution in [0.1, 0.15) is 23.2 Å². The lowest BCUT2D eigenvalue weighted by molar-refractivity contribution is -0.911. The number of hydrogen-bond acceptors (Lipinski definition) is 8. The number of rotatable bonds is 10. The van der Waals surface area contributed by atoms with E-state index in [0.29, 0.717) is 42.0 Å². The first kappa shape index (κ1) is 26.7. The molecule has 1 aromatic carbocycles. The fraction of sp³-hybridized carbons (Fsp3) is 0.455. The number of nitrogens with one attached hydrogen (secondary N) is 3. The number of amidine groups is 1. The molecule has 0 aliphatic carbocycles. The van der Waals surface area contributed by atoms with E-state index in [2.05, 4.69) is 21.0 Å². The summed E-state index contributed by atoms with van der Waals surface area (Å²) >= 11 is 7.54. The molecule has 37 heavy (non-hydrogen) atoms. The molecule has 0 saturated carbocycles. The first-order valence-corrected chi connectivity index (χ1v) is 13.1. The number of quaternary nitrogens is 1. The van der Waals surface area contributed by atoms with E-state index < -0.39 is 23.4 Å². The minimum absolute atomic E-state index is 0.0272. The molecule has 0 aromatic heterocycles. The smallest absolute Gasteiger partial charge is 0.253 e. The van der Waals surface area contributed by atoms with Crippen molar-refractivity contribution < 1.29 is 29.1 Å². The third kappa shape index (κ3) is 5.08. The molecule has 2 saturated heterocycles. The first-order valence-electron chi connectivity index (χ1n) is 11.6. The van der Waals surface area contributed by atoms with Gasteiger partial charge in [-0.1, -0.05) is 16.8 Å². The van der Waals surface area contributed by atoms with E-state index in [-0.39, 0.29) is 27.7 Å². The Labute approximate surface area is 221 Å². The highest BCUT2D eigenvalue weighted by molar-refractivity contribution is 8.00. The van der Waals surface area contributed by atoms with Crippen LogP contribution in [-0.2, 0) is 9.59 Å². The lowest BCUT2D eigenvalue weighted by atomic mass is 10.0. The second kappa shape index (κ2) is 10.9. The van der Waals surface area contributed by atoms with Crippen molar-refractivity contribution in [2.75, 3.05) is 38.5 Å². The van der Waals surface area contributed by atoms with Crippen molar-refractivity contribution in [3.63, 3.8) is 0 Å². The minimum atomic E-state index is -0.643. The fourth-order valence-electron chi connectivity index (χ4n) is 5.15. The van der Waals surface area contributed by atoms with E-state index >= 15 is 0 Å². The molecular formula is C22H28ClN8O5S+. The van der Waals surface area contributed by atoms with Crippen LogP contribution in [-0.4, -0.2) is 93.5 Å². The number of halogens is 1. The Bertz CT molecular complexity index is 1190. The van der Waals surface area contributed by atoms with Gasteiger partial charge in [-0.2, -0.15) is 5.53 Å². The number of aromatic hydroxyl groups is 2. The number of hydrogen-bond donors (Lipinski definition) is 6. The Morgan fingerprint density at radius 3 is 2.76 bits per heavy atom. The number of phenols is 2. The quantitative estimate of drug-likeness (QED) is 0.0359. The summed E-state index contributed by atoms with van der Waals surface area (Å²) in [7, 11) is 0. The third-order valence-electron chi connectivity index (χ3n) is 6.95. The number of fused-ring (bicyclic) bond motifs is 1. The molecule has 15 heteroatoms. The Morgan fingerprint density at radius 2 is 2.08 bits per heavy atom. The summed E-state index contributed by atoms with van der Waals surface area (Å²) < 4.78 is 0.655. The molecule has 2 atom stereocenters. The molecule has 13 nitrogen and oxygen atoms in total. The van der Waals surface area contributed by atoms with Gasteiger partial charge in [0.1, 0.15) is 18.0 Å². The zero-order valence-corrected chi connectivity index (χ0v) is 21.4. The molecule has 198 valence electrons. The Morgan fingerprint density at radius 1 is 1.35 bits per heavy atom. The van der Waals surface area contributed by atoms with Gasteiger partial charge in [0.2, 0.25) is 6.41 Å². The number of thioether (sulfide) groups is 1. The highest BCUT2D eigenvalue weighted by atomic mass is 35.5. The third-order valence-corrected chi connectivity index (χ3v) is 8.67. The van der Waals surface area contributed by atoms with Gasteiger partial charge in [-0.25, -0.2) is 0 Å². The van der Waals surface area contributed by atoms with Crippen LogP contribution in [0.3, 0.4) is 0 Å². The largest absolute Gasteiger partial charge is 0.504 e. The van der Waals surface area contributed by atoms with E-state index in [4.69, 9.17) is 22.9 Å². The Hall–Kier alpha value is -3.36. The van der Waals surface area contributed by atoms with Crippen molar-refractivity contribution in [1.82, 2.24) is 15.5 Å². The highest BCUT2D eigenvalue weighted by Crippen LogP contribution is 2.41. The van der Waals surface area contributed by atoms with Crippen LogP contribution >= 0.6 is 23.4 Å². The summed E-state index contributed by atoms with van der Waals surface area (Å²) in [6.45, 7) is 3.22. The van der Waals surface area contributed by atoms with Gasteiger partial charge in [-0.3, -0.25) is 19.3 Å². The van der Waals surface area contributed by atoms with Crippen molar-refractivity contribution in [1.29, 1.82) is 5.53 Å². The zero-order chi connectivity index (χ0) is 26.7. The number of carbonyl (C=O) groups excluding carboxylic acids is 3. The van der Waals surface area contributed by atoms with Gasteiger partial charge >= 0.3 is 0 Å². The van der Waals surface area contributed by atoms with Crippen molar-refractivity contribution in [2.24, 2.45) is 16.1 Å². The predicted molar refractivity (Wildman–Crippen MR) is 136 cm³/mol. The molecule has 2 fully saturated rings. The zero-order valence-electron chi connectivity index (χ0n) is 19.8. The SMILES string of the molecule is N=NN=C(N)C1=C(C[N+]2(CCNC(=O)c3ccc(O)c(O)c3Cl)CCCC2)CSC2C(NC=O)C(=O)N12. The predicted octanol–water partition coefficient (Wildman–Crippen LogP) is 0.679. The minimum Gasteiger partial charge on any atom is -0.504 e. The summed E-state index contributed by atoms with van der Waals surface area (Å²) in [4.78, 5) is 37.9. The van der Waals surface area contributed by atoms with Crippen molar-refractivity contribution >= 4 is 47.4 Å². The molecule has 4 rings (SSSR count). The number of carbonyl (C=O) groups is 3. The van der Waals surface area contributed by atoms with Crippen LogP contribution in [0, 0.1) is 5.53 Å². The van der Waals surface area contributed by atoms with Gasteiger partial charge < -0.3 is 31.1 Å². The van der Waals surface area contributed by atoms with E-state index in [0.717, 1.165) is 31.5 Å². The average Bonchev–Trinajstić information content (AvgIpc) is 3.33.